The first-order valence-electron chi connectivity index (χ1n) is 7.34. The number of nitrogens with zero attached hydrogens (tertiary/aromatic N) is 4. The molecule has 20 heavy (non-hydrogen) atoms. The second kappa shape index (κ2) is 6.24. The fourth-order valence-electron chi connectivity index (χ4n) is 2.58. The second-order valence-electron chi connectivity index (χ2n) is 6.47. The molecule has 1 aromatic rings. The average molecular weight is 279 g/mol. The van der Waals surface area contributed by atoms with Crippen LogP contribution in [0.25, 0.3) is 0 Å². The van der Waals surface area contributed by atoms with Gasteiger partial charge in [0.1, 0.15) is 12.7 Å². The maximum atomic E-state index is 12.3. The Kier molecular flexibility index (Phi) is 4.62. The lowest BCUT2D eigenvalue weighted by molar-refractivity contribution is 0.192. The summed E-state index contributed by atoms with van der Waals surface area (Å²) in [7, 11) is 0. The number of likely N-dealkylation sites (tertiary alicyclic amines) is 1. The van der Waals surface area contributed by atoms with Crippen molar-refractivity contribution in [1.82, 2.24) is 25.0 Å². The Morgan fingerprint density at radius 2 is 2.20 bits per heavy atom. The van der Waals surface area contributed by atoms with Crippen molar-refractivity contribution in [2.24, 2.45) is 5.41 Å². The molecule has 112 valence electrons. The Hall–Kier alpha value is -1.59. The third kappa shape index (κ3) is 4.21. The van der Waals surface area contributed by atoms with Gasteiger partial charge in [-0.1, -0.05) is 13.8 Å². The van der Waals surface area contributed by atoms with Gasteiger partial charge < -0.3 is 10.2 Å². The number of aromatic nitrogens is 3. The largest absolute Gasteiger partial charge is 0.334 e. The van der Waals surface area contributed by atoms with E-state index in [1.54, 1.807) is 11.0 Å². The van der Waals surface area contributed by atoms with Crippen molar-refractivity contribution in [2.75, 3.05) is 13.1 Å². The average Bonchev–Trinajstić information content (AvgIpc) is 2.78. The zero-order chi connectivity index (χ0) is 14.6. The molecule has 1 aliphatic rings. The molecule has 1 saturated heterocycles. The molecule has 2 rings (SSSR count). The zero-order valence-corrected chi connectivity index (χ0v) is 12.7. The summed E-state index contributed by atoms with van der Waals surface area (Å²) in [6, 6.07) is 0.0794. The fraction of sp³-hybridized carbons (Fsp3) is 0.786. The first-order chi connectivity index (χ1) is 9.46. The molecular weight excluding hydrogens is 254 g/mol. The van der Waals surface area contributed by atoms with Crippen LogP contribution in [0.2, 0.25) is 0 Å². The molecule has 6 heteroatoms. The summed E-state index contributed by atoms with van der Waals surface area (Å²) in [6.07, 6.45) is 6.50. The molecule has 0 spiro atoms. The maximum Gasteiger partial charge on any atom is 0.317 e. The van der Waals surface area contributed by atoms with Gasteiger partial charge in [-0.25, -0.2) is 9.78 Å². The van der Waals surface area contributed by atoms with E-state index in [2.05, 4.69) is 29.2 Å². The van der Waals surface area contributed by atoms with Crippen molar-refractivity contribution >= 4 is 6.03 Å². The summed E-state index contributed by atoms with van der Waals surface area (Å²) >= 11 is 0. The van der Waals surface area contributed by atoms with Gasteiger partial charge in [0.15, 0.2) is 0 Å². The highest BCUT2D eigenvalue weighted by Crippen LogP contribution is 2.29. The monoisotopic (exact) mass is 279 g/mol. The molecule has 0 unspecified atom stereocenters. The molecular formula is C14H25N5O. The predicted octanol–water partition coefficient (Wildman–Crippen LogP) is 1.89. The minimum Gasteiger partial charge on any atom is -0.334 e. The van der Waals surface area contributed by atoms with Crippen molar-refractivity contribution in [3.05, 3.63) is 12.7 Å². The van der Waals surface area contributed by atoms with Crippen LogP contribution in [0.5, 0.6) is 0 Å². The van der Waals surface area contributed by atoms with Gasteiger partial charge in [-0.2, -0.15) is 5.10 Å². The van der Waals surface area contributed by atoms with Crippen molar-refractivity contribution < 1.29 is 4.79 Å². The maximum absolute atomic E-state index is 12.3. The molecule has 1 aliphatic heterocycles. The third-order valence-corrected chi connectivity index (χ3v) is 3.92. The van der Waals surface area contributed by atoms with Crippen LogP contribution in [0.3, 0.4) is 0 Å². The molecule has 1 N–H and O–H groups in total. The van der Waals surface area contributed by atoms with E-state index in [-0.39, 0.29) is 12.1 Å². The zero-order valence-electron chi connectivity index (χ0n) is 12.7. The van der Waals surface area contributed by atoms with E-state index in [4.69, 9.17) is 0 Å². The number of hydrogen-bond donors (Lipinski definition) is 1. The van der Waals surface area contributed by atoms with Crippen LogP contribution in [0.4, 0.5) is 4.79 Å². The van der Waals surface area contributed by atoms with Crippen LogP contribution in [-0.2, 0) is 6.54 Å². The molecule has 0 radical (unpaired) electrons. The summed E-state index contributed by atoms with van der Waals surface area (Å²) in [5.74, 6) is 0. The Bertz CT molecular complexity index is 429. The number of hydrogen-bond acceptors (Lipinski definition) is 3. The van der Waals surface area contributed by atoms with Crippen molar-refractivity contribution in [2.45, 2.75) is 52.6 Å². The van der Waals surface area contributed by atoms with E-state index in [0.717, 1.165) is 25.9 Å². The van der Waals surface area contributed by atoms with Gasteiger partial charge in [-0.05, 0) is 31.6 Å². The van der Waals surface area contributed by atoms with Gasteiger partial charge >= 0.3 is 6.03 Å². The lowest BCUT2D eigenvalue weighted by Crippen LogP contribution is -2.45. The van der Waals surface area contributed by atoms with Crippen LogP contribution in [0, 0.1) is 5.41 Å². The normalized spacial score (nSPS) is 20.2. The topological polar surface area (TPSA) is 63.1 Å². The second-order valence-corrected chi connectivity index (χ2v) is 6.47. The number of nitrogens with one attached hydrogen (secondary N) is 1. The van der Waals surface area contributed by atoms with Crippen molar-refractivity contribution in [1.29, 1.82) is 0 Å². The molecule has 1 fully saturated rings. The Morgan fingerprint density at radius 3 is 2.90 bits per heavy atom. The minimum atomic E-state index is 0.0373. The van der Waals surface area contributed by atoms with Gasteiger partial charge in [0.25, 0.3) is 0 Å². The van der Waals surface area contributed by atoms with E-state index in [1.165, 1.54) is 12.7 Å². The van der Waals surface area contributed by atoms with Gasteiger partial charge in [-0.3, -0.25) is 4.68 Å². The lowest BCUT2D eigenvalue weighted by atomic mass is 9.85. The summed E-state index contributed by atoms with van der Waals surface area (Å²) in [5, 5.41) is 7.09. The Morgan fingerprint density at radius 1 is 1.40 bits per heavy atom. The third-order valence-electron chi connectivity index (χ3n) is 3.92. The molecule has 0 aliphatic carbocycles. The molecule has 0 saturated carbocycles. The van der Waals surface area contributed by atoms with Crippen LogP contribution < -0.4 is 5.32 Å². The number of carbonyl (C=O) groups is 1. The van der Waals surface area contributed by atoms with Crippen LogP contribution in [0.1, 0.15) is 40.0 Å². The Labute approximate surface area is 120 Å². The SMILES string of the molecule is C[C@H](Cn1cncn1)NC(=O)N1CCCC(C)(C)CC1. The van der Waals surface area contributed by atoms with Gasteiger partial charge in [-0.15, -0.1) is 0 Å². The van der Waals surface area contributed by atoms with Gasteiger partial charge in [0, 0.05) is 19.1 Å². The van der Waals surface area contributed by atoms with Crippen LogP contribution >= 0.6 is 0 Å². The van der Waals surface area contributed by atoms with E-state index >= 15 is 0 Å². The lowest BCUT2D eigenvalue weighted by Gasteiger charge is -2.25. The summed E-state index contributed by atoms with van der Waals surface area (Å²) in [4.78, 5) is 18.1. The summed E-state index contributed by atoms with van der Waals surface area (Å²) in [5.41, 5.74) is 0.349. The highest BCUT2D eigenvalue weighted by atomic mass is 16.2. The quantitative estimate of drug-likeness (QED) is 0.919. The first-order valence-corrected chi connectivity index (χ1v) is 7.34. The van der Waals surface area contributed by atoms with Gasteiger partial charge in [0.2, 0.25) is 0 Å². The van der Waals surface area contributed by atoms with Crippen molar-refractivity contribution in [3.63, 3.8) is 0 Å². The number of carbonyl (C=O) groups excluding carboxylic acids is 1. The smallest absolute Gasteiger partial charge is 0.317 e. The molecule has 0 aromatic carbocycles. The molecule has 6 nitrogen and oxygen atoms in total. The molecule has 2 amide bonds. The van der Waals surface area contributed by atoms with Crippen LogP contribution in [0.15, 0.2) is 12.7 Å². The summed E-state index contributed by atoms with van der Waals surface area (Å²) in [6.45, 7) is 8.89. The summed E-state index contributed by atoms with van der Waals surface area (Å²) < 4.78 is 1.73. The van der Waals surface area contributed by atoms with E-state index < -0.39 is 0 Å². The number of urea groups is 1. The molecule has 2 heterocycles. The number of amides is 2. The van der Waals surface area contributed by atoms with E-state index in [9.17, 15) is 4.79 Å². The highest BCUT2D eigenvalue weighted by Gasteiger charge is 2.25. The molecule has 1 atom stereocenters. The highest BCUT2D eigenvalue weighted by molar-refractivity contribution is 5.74. The number of rotatable bonds is 3. The van der Waals surface area contributed by atoms with E-state index in [1.807, 2.05) is 11.8 Å². The van der Waals surface area contributed by atoms with Crippen molar-refractivity contribution in [3.8, 4) is 0 Å². The standard InChI is InChI=1S/C14H25N5O/c1-12(9-19-11-15-10-16-19)17-13(20)18-7-4-5-14(2,3)6-8-18/h10-12H,4-9H2,1-3H3,(H,17,20)/t12-/m1/s1. The van der Waals surface area contributed by atoms with Crippen LogP contribution in [-0.4, -0.2) is 44.8 Å². The van der Waals surface area contributed by atoms with Gasteiger partial charge in [0.05, 0.1) is 6.54 Å². The molecule has 1 aromatic heterocycles. The van der Waals surface area contributed by atoms with E-state index in [0.29, 0.717) is 12.0 Å². The minimum absolute atomic E-state index is 0.0373. The predicted molar refractivity (Wildman–Crippen MR) is 77.2 cm³/mol. The fourth-order valence-corrected chi connectivity index (χ4v) is 2.58. The molecule has 0 bridgehead atoms. The first kappa shape index (κ1) is 14.8. The Balaban J connectivity index is 1.82.